The molecule has 6 nitrogen and oxygen atoms in total. The molecule has 0 radical (unpaired) electrons. The number of para-hydroxylation sites is 1. The van der Waals surface area contributed by atoms with Crippen LogP contribution in [0.2, 0.25) is 0 Å². The average Bonchev–Trinajstić information content (AvgIpc) is 3.63. The van der Waals surface area contributed by atoms with Gasteiger partial charge in [-0.2, -0.15) is 10.4 Å². The zero-order chi connectivity index (χ0) is 25.2. The summed E-state index contributed by atoms with van der Waals surface area (Å²) in [5, 5.41) is 19.5. The Hall–Kier alpha value is -3.95. The van der Waals surface area contributed by atoms with Gasteiger partial charge in [-0.05, 0) is 66.8 Å². The third-order valence-corrected chi connectivity index (χ3v) is 7.75. The summed E-state index contributed by atoms with van der Waals surface area (Å²) in [5.41, 5.74) is 5.34. The minimum absolute atomic E-state index is 0.0694. The topological polar surface area (TPSA) is 77.7 Å². The van der Waals surface area contributed by atoms with Crippen LogP contribution in [-0.2, 0) is 6.54 Å². The number of rotatable bonds is 7. The van der Waals surface area contributed by atoms with Crippen LogP contribution in [0.5, 0.6) is 5.75 Å². The molecule has 2 atom stereocenters. The molecule has 1 aliphatic carbocycles. The molecule has 1 N–H and O–H groups in total. The second-order valence-electron chi connectivity index (χ2n) is 10.2. The Balaban J connectivity index is 1.22. The third-order valence-electron chi connectivity index (χ3n) is 7.75. The molecule has 37 heavy (non-hydrogen) atoms. The van der Waals surface area contributed by atoms with E-state index in [1.165, 1.54) is 31.2 Å². The Morgan fingerprint density at radius 3 is 2.54 bits per heavy atom. The first-order chi connectivity index (χ1) is 18.2. The van der Waals surface area contributed by atoms with Gasteiger partial charge in [-0.25, -0.2) is 5.01 Å². The van der Waals surface area contributed by atoms with Crippen molar-refractivity contribution in [2.75, 3.05) is 6.54 Å². The molecule has 6 rings (SSSR count). The Labute approximate surface area is 217 Å². The predicted octanol–water partition coefficient (Wildman–Crippen LogP) is 5.59. The number of carbonyl (C=O) groups is 1. The van der Waals surface area contributed by atoms with Crippen LogP contribution in [0.25, 0.3) is 0 Å². The third kappa shape index (κ3) is 4.75. The van der Waals surface area contributed by atoms with Gasteiger partial charge in [0.15, 0.2) is 0 Å². The summed E-state index contributed by atoms with van der Waals surface area (Å²) in [6, 6.07) is 25.2. The smallest absolute Gasteiger partial charge is 0.251 e. The summed E-state index contributed by atoms with van der Waals surface area (Å²) in [6.45, 7) is 1.97. The maximum atomic E-state index is 13.5. The van der Waals surface area contributed by atoms with Gasteiger partial charge in [-0.3, -0.25) is 4.79 Å². The highest BCUT2D eigenvalue weighted by atomic mass is 16.5. The lowest BCUT2D eigenvalue weighted by Gasteiger charge is -2.37. The molecule has 3 aromatic rings. The highest BCUT2D eigenvalue weighted by molar-refractivity contribution is 6.03. The number of ether oxygens (including phenoxy) is 1. The van der Waals surface area contributed by atoms with E-state index in [1.807, 2.05) is 29.3 Å². The zero-order valence-electron chi connectivity index (χ0n) is 20.8. The number of hydrogen-bond acceptors (Lipinski definition) is 6. The van der Waals surface area contributed by atoms with Crippen molar-refractivity contribution in [3.05, 3.63) is 101 Å². The second kappa shape index (κ2) is 10.2. The van der Waals surface area contributed by atoms with E-state index in [0.29, 0.717) is 17.5 Å². The van der Waals surface area contributed by atoms with Crippen LogP contribution in [0.1, 0.15) is 70.8 Å². The number of nitrogens with zero attached hydrogens (tertiary/aromatic N) is 3. The molecule has 2 heterocycles. The molecular formula is C31H30N4O2. The first kappa shape index (κ1) is 23.4. The molecule has 0 aromatic heterocycles. The van der Waals surface area contributed by atoms with Gasteiger partial charge in [0, 0.05) is 24.1 Å². The highest BCUT2D eigenvalue weighted by Crippen LogP contribution is 2.43. The van der Waals surface area contributed by atoms with Crippen molar-refractivity contribution in [1.29, 1.82) is 5.26 Å². The van der Waals surface area contributed by atoms with Crippen molar-refractivity contribution in [2.24, 2.45) is 11.0 Å². The summed E-state index contributed by atoms with van der Waals surface area (Å²) >= 11 is 0. The van der Waals surface area contributed by atoms with Crippen molar-refractivity contribution in [1.82, 2.24) is 10.3 Å². The van der Waals surface area contributed by atoms with Crippen LogP contribution in [0.4, 0.5) is 0 Å². The van der Waals surface area contributed by atoms with E-state index in [-0.39, 0.29) is 11.8 Å². The minimum Gasteiger partial charge on any atom is -0.461 e. The molecule has 1 fully saturated rings. The highest BCUT2D eigenvalue weighted by Gasteiger charge is 2.43. The Kier molecular flexibility index (Phi) is 6.46. The van der Waals surface area contributed by atoms with E-state index in [0.717, 1.165) is 41.6 Å². The molecule has 0 bridgehead atoms. The van der Waals surface area contributed by atoms with Gasteiger partial charge in [0.1, 0.15) is 5.75 Å². The molecule has 2 aliphatic heterocycles. The summed E-state index contributed by atoms with van der Waals surface area (Å²) in [4.78, 5) is 13.5. The van der Waals surface area contributed by atoms with Gasteiger partial charge < -0.3 is 10.1 Å². The fourth-order valence-electron chi connectivity index (χ4n) is 5.68. The number of nitrogens with one attached hydrogen (secondary N) is 1. The number of fused-ring (bicyclic) bond motifs is 3. The molecule has 3 aromatic carbocycles. The quantitative estimate of drug-likeness (QED) is 0.437. The Bertz CT molecular complexity index is 1350. The maximum Gasteiger partial charge on any atom is 0.251 e. The van der Waals surface area contributed by atoms with Gasteiger partial charge in [0.2, 0.25) is 5.78 Å². The fraction of sp³-hybridized carbons (Fsp3) is 0.323. The first-order valence-electron chi connectivity index (χ1n) is 13.2. The Morgan fingerprint density at radius 1 is 1.03 bits per heavy atom. The summed E-state index contributed by atoms with van der Waals surface area (Å²) < 4.78 is 6.20. The molecule has 0 amide bonds. The number of hydrazone groups is 1. The molecule has 0 spiro atoms. The maximum absolute atomic E-state index is 13.5. The zero-order valence-corrected chi connectivity index (χ0v) is 20.8. The fourth-order valence-corrected chi connectivity index (χ4v) is 5.68. The van der Waals surface area contributed by atoms with E-state index in [9.17, 15) is 4.79 Å². The van der Waals surface area contributed by atoms with Crippen molar-refractivity contribution >= 4 is 11.5 Å². The predicted molar refractivity (Wildman–Crippen MR) is 142 cm³/mol. The lowest BCUT2D eigenvalue weighted by atomic mass is 9.95. The summed E-state index contributed by atoms with van der Waals surface area (Å²) in [6.07, 6.45) is 5.30. The molecule has 6 heteroatoms. The van der Waals surface area contributed by atoms with Gasteiger partial charge in [-0.1, -0.05) is 55.3 Å². The van der Waals surface area contributed by atoms with Crippen LogP contribution < -0.4 is 10.1 Å². The van der Waals surface area contributed by atoms with Crippen molar-refractivity contribution in [3.63, 3.8) is 0 Å². The number of benzene rings is 3. The van der Waals surface area contributed by atoms with Gasteiger partial charge in [0.25, 0.3) is 6.23 Å². The first-order valence-corrected chi connectivity index (χ1v) is 13.2. The van der Waals surface area contributed by atoms with Crippen LogP contribution in [0, 0.1) is 17.2 Å². The molecule has 1 saturated carbocycles. The van der Waals surface area contributed by atoms with E-state index >= 15 is 0 Å². The monoisotopic (exact) mass is 490 g/mol. The standard InChI is InChI=1S/C31H30N4O2/c32-18-21-9-15-25(16-10-21)30(36)31-35-28(26-7-3-4-8-29(26)37-31)17-27(34-35)24-13-11-23(12-14-24)20-33-19-22-5-1-2-6-22/h3-4,7-16,22,28,31,33H,1-2,5-6,17,19-20H2. The van der Waals surface area contributed by atoms with Crippen LogP contribution >= 0.6 is 0 Å². The van der Waals surface area contributed by atoms with E-state index in [2.05, 4.69) is 35.7 Å². The molecular weight excluding hydrogens is 460 g/mol. The molecule has 3 aliphatic rings. The number of nitriles is 1. The number of ketones is 1. The largest absolute Gasteiger partial charge is 0.461 e. The minimum atomic E-state index is -0.857. The SMILES string of the molecule is N#Cc1ccc(C(=O)C2Oc3ccccc3C3CC(c4ccc(CNCC5CCCC5)cc4)=NN23)cc1. The van der Waals surface area contributed by atoms with E-state index < -0.39 is 6.23 Å². The van der Waals surface area contributed by atoms with E-state index in [1.54, 1.807) is 24.3 Å². The summed E-state index contributed by atoms with van der Waals surface area (Å²) in [7, 11) is 0. The van der Waals surface area contributed by atoms with Crippen molar-refractivity contribution < 1.29 is 9.53 Å². The van der Waals surface area contributed by atoms with Gasteiger partial charge in [0.05, 0.1) is 23.4 Å². The van der Waals surface area contributed by atoms with Crippen molar-refractivity contribution in [2.45, 2.75) is 50.9 Å². The van der Waals surface area contributed by atoms with Crippen LogP contribution in [0.15, 0.2) is 77.9 Å². The Morgan fingerprint density at radius 2 is 1.78 bits per heavy atom. The average molecular weight is 491 g/mol. The molecule has 186 valence electrons. The lowest BCUT2D eigenvalue weighted by molar-refractivity contribution is -0.00455. The number of carbonyl (C=O) groups excluding carboxylic acids is 1. The van der Waals surface area contributed by atoms with Crippen LogP contribution in [-0.4, -0.2) is 29.3 Å². The summed E-state index contributed by atoms with van der Waals surface area (Å²) in [5.74, 6) is 1.38. The number of Topliss-reactive ketones (excluding diaryl/α,β-unsaturated/α-hetero) is 1. The van der Waals surface area contributed by atoms with Gasteiger partial charge in [-0.15, -0.1) is 0 Å². The van der Waals surface area contributed by atoms with E-state index in [4.69, 9.17) is 15.1 Å². The number of hydrogen-bond donors (Lipinski definition) is 1. The van der Waals surface area contributed by atoms with Gasteiger partial charge >= 0.3 is 0 Å². The normalized spacial score (nSPS) is 20.5. The lowest BCUT2D eigenvalue weighted by Crippen LogP contribution is -2.45. The second-order valence-corrected chi connectivity index (χ2v) is 10.2. The van der Waals surface area contributed by atoms with Crippen LogP contribution in [0.3, 0.4) is 0 Å². The molecule has 2 unspecified atom stereocenters. The molecule has 0 saturated heterocycles. The van der Waals surface area contributed by atoms with Crippen molar-refractivity contribution in [3.8, 4) is 11.8 Å².